The summed E-state index contributed by atoms with van der Waals surface area (Å²) < 4.78 is 0. The molecule has 0 amide bonds. The first-order valence-corrected chi connectivity index (χ1v) is 4.09. The Balaban J connectivity index is 2.97. The normalized spacial score (nSPS) is 10.5. The van der Waals surface area contributed by atoms with Crippen LogP contribution >= 0.6 is 11.6 Å². The molecule has 1 N–H and O–H groups in total. The third kappa shape index (κ3) is 3.41. The van der Waals surface area contributed by atoms with Crippen molar-refractivity contribution in [1.82, 2.24) is 9.97 Å². The van der Waals surface area contributed by atoms with Crippen molar-refractivity contribution in [2.24, 2.45) is 0 Å². The van der Waals surface area contributed by atoms with Crippen LogP contribution in [0.25, 0.3) is 0 Å². The van der Waals surface area contributed by atoms with Crippen molar-refractivity contribution < 1.29 is 5.11 Å². The first-order chi connectivity index (χ1) is 5.99. The fourth-order valence-corrected chi connectivity index (χ4v) is 0.769. The highest BCUT2D eigenvalue weighted by atomic mass is 35.5. The van der Waals surface area contributed by atoms with E-state index in [1.54, 1.807) is 13.8 Å². The number of aliphatic hydroxyl groups is 1. The van der Waals surface area contributed by atoms with Crippen LogP contribution in [0.2, 0.25) is 5.15 Å². The van der Waals surface area contributed by atoms with Gasteiger partial charge in [0.2, 0.25) is 0 Å². The highest BCUT2D eigenvalue weighted by molar-refractivity contribution is 6.30. The van der Waals surface area contributed by atoms with Crippen LogP contribution in [0.3, 0.4) is 0 Å². The fourth-order valence-electron chi connectivity index (χ4n) is 0.617. The van der Waals surface area contributed by atoms with Gasteiger partial charge in [0, 0.05) is 12.4 Å². The van der Waals surface area contributed by atoms with Crippen molar-refractivity contribution >= 4 is 11.6 Å². The van der Waals surface area contributed by atoms with Crippen LogP contribution in [0.1, 0.15) is 19.5 Å². The molecule has 0 radical (unpaired) electrons. The van der Waals surface area contributed by atoms with Gasteiger partial charge in [0.15, 0.2) is 10.8 Å². The van der Waals surface area contributed by atoms with E-state index in [1.807, 2.05) is 0 Å². The zero-order chi connectivity index (χ0) is 9.90. The largest absolute Gasteiger partial charge is 0.378 e. The molecule has 13 heavy (non-hydrogen) atoms. The predicted octanol–water partition coefficient (Wildman–Crippen LogP) is 1.25. The molecule has 4 heteroatoms. The van der Waals surface area contributed by atoms with E-state index in [1.165, 1.54) is 12.4 Å². The van der Waals surface area contributed by atoms with Gasteiger partial charge in [-0.1, -0.05) is 17.5 Å². The molecule has 1 rings (SSSR count). The second kappa shape index (κ2) is 3.73. The molecule has 0 aliphatic rings. The summed E-state index contributed by atoms with van der Waals surface area (Å²) in [4.78, 5) is 7.70. The van der Waals surface area contributed by atoms with Gasteiger partial charge in [0.05, 0.1) is 0 Å². The Hall–Kier alpha value is -1.11. The average Bonchev–Trinajstić information content (AvgIpc) is 2.01. The molecule has 0 fully saturated rings. The maximum atomic E-state index is 9.30. The molecule has 0 bridgehead atoms. The second-order valence-corrected chi connectivity index (χ2v) is 3.36. The first-order valence-electron chi connectivity index (χ1n) is 3.71. The van der Waals surface area contributed by atoms with E-state index in [4.69, 9.17) is 11.6 Å². The summed E-state index contributed by atoms with van der Waals surface area (Å²) in [6.45, 7) is 3.18. The molecule has 1 aromatic rings. The van der Waals surface area contributed by atoms with Gasteiger partial charge in [-0.15, -0.1) is 0 Å². The minimum absolute atomic E-state index is 0.249. The Morgan fingerprint density at radius 3 is 2.54 bits per heavy atom. The van der Waals surface area contributed by atoms with Gasteiger partial charge in [-0.25, -0.2) is 9.97 Å². The van der Waals surface area contributed by atoms with E-state index in [2.05, 4.69) is 21.8 Å². The highest BCUT2D eigenvalue weighted by Crippen LogP contribution is 2.07. The lowest BCUT2D eigenvalue weighted by Gasteiger charge is -2.05. The van der Waals surface area contributed by atoms with Gasteiger partial charge >= 0.3 is 0 Å². The molecular weight excluding hydrogens is 188 g/mol. The minimum Gasteiger partial charge on any atom is -0.378 e. The Morgan fingerprint density at radius 1 is 1.38 bits per heavy atom. The standard InChI is InChI=1S/C9H9ClN2O/c1-9(2,13)4-3-7-8(10)12-6-5-11-7/h5-6,13H,1-2H3. The van der Waals surface area contributed by atoms with E-state index in [9.17, 15) is 5.11 Å². The third-order valence-corrected chi connectivity index (χ3v) is 1.42. The maximum Gasteiger partial charge on any atom is 0.163 e. The summed E-state index contributed by atoms with van der Waals surface area (Å²) in [5.74, 6) is 5.24. The quantitative estimate of drug-likeness (QED) is 0.636. The van der Waals surface area contributed by atoms with Crippen molar-refractivity contribution in [3.8, 4) is 11.8 Å². The summed E-state index contributed by atoms with van der Waals surface area (Å²) in [7, 11) is 0. The molecule has 0 saturated heterocycles. The number of hydrogen-bond acceptors (Lipinski definition) is 3. The van der Waals surface area contributed by atoms with Crippen molar-refractivity contribution in [3.05, 3.63) is 23.2 Å². The van der Waals surface area contributed by atoms with Gasteiger partial charge in [0.1, 0.15) is 5.60 Å². The average molecular weight is 197 g/mol. The maximum absolute atomic E-state index is 9.30. The van der Waals surface area contributed by atoms with Crippen molar-refractivity contribution in [2.45, 2.75) is 19.4 Å². The molecule has 0 aromatic carbocycles. The molecule has 0 aliphatic heterocycles. The van der Waals surface area contributed by atoms with Crippen LogP contribution in [0.5, 0.6) is 0 Å². The number of aromatic nitrogens is 2. The zero-order valence-corrected chi connectivity index (χ0v) is 8.13. The van der Waals surface area contributed by atoms with Gasteiger partial charge in [-0.2, -0.15) is 0 Å². The molecule has 68 valence electrons. The van der Waals surface area contributed by atoms with E-state index in [0.29, 0.717) is 5.69 Å². The Labute approximate surface area is 81.8 Å². The molecule has 0 unspecified atom stereocenters. The highest BCUT2D eigenvalue weighted by Gasteiger charge is 2.06. The van der Waals surface area contributed by atoms with Crippen LogP contribution < -0.4 is 0 Å². The van der Waals surface area contributed by atoms with Crippen molar-refractivity contribution in [3.63, 3.8) is 0 Å². The predicted molar refractivity (Wildman–Crippen MR) is 50.2 cm³/mol. The summed E-state index contributed by atoms with van der Waals surface area (Å²) in [5.41, 5.74) is -0.660. The summed E-state index contributed by atoms with van der Waals surface area (Å²) in [5, 5.41) is 9.55. The smallest absolute Gasteiger partial charge is 0.163 e. The number of hydrogen-bond donors (Lipinski definition) is 1. The zero-order valence-electron chi connectivity index (χ0n) is 7.37. The van der Waals surface area contributed by atoms with E-state index >= 15 is 0 Å². The van der Waals surface area contributed by atoms with E-state index in [0.717, 1.165) is 0 Å². The lowest BCUT2D eigenvalue weighted by atomic mass is 10.1. The van der Waals surface area contributed by atoms with Gasteiger partial charge in [-0.3, -0.25) is 0 Å². The minimum atomic E-state index is -1.04. The fraction of sp³-hybridized carbons (Fsp3) is 0.333. The number of nitrogens with zero attached hydrogens (tertiary/aromatic N) is 2. The SMILES string of the molecule is CC(C)(O)C#Cc1nccnc1Cl. The molecular formula is C9H9ClN2O. The van der Waals surface area contributed by atoms with Crippen LogP contribution in [0, 0.1) is 11.8 Å². The van der Waals surface area contributed by atoms with E-state index < -0.39 is 5.60 Å². The summed E-state index contributed by atoms with van der Waals surface area (Å²) in [6.07, 6.45) is 2.98. The van der Waals surface area contributed by atoms with Crippen LogP contribution in [0.4, 0.5) is 0 Å². The molecule has 1 heterocycles. The van der Waals surface area contributed by atoms with E-state index in [-0.39, 0.29) is 5.15 Å². The lowest BCUT2D eigenvalue weighted by molar-refractivity contribution is 0.143. The van der Waals surface area contributed by atoms with Crippen molar-refractivity contribution in [1.29, 1.82) is 0 Å². The Morgan fingerprint density at radius 2 is 2.00 bits per heavy atom. The molecule has 0 saturated carbocycles. The van der Waals surface area contributed by atoms with Crippen LogP contribution in [0.15, 0.2) is 12.4 Å². The monoisotopic (exact) mass is 196 g/mol. The van der Waals surface area contributed by atoms with Gasteiger partial charge < -0.3 is 5.11 Å². The lowest BCUT2D eigenvalue weighted by Crippen LogP contribution is -2.14. The molecule has 0 spiro atoms. The molecule has 0 atom stereocenters. The molecule has 3 nitrogen and oxygen atoms in total. The van der Waals surface area contributed by atoms with Gasteiger partial charge in [-0.05, 0) is 19.8 Å². The third-order valence-electron chi connectivity index (χ3n) is 1.14. The van der Waals surface area contributed by atoms with Crippen LogP contribution in [-0.2, 0) is 0 Å². The summed E-state index contributed by atoms with van der Waals surface area (Å²) >= 11 is 5.70. The topological polar surface area (TPSA) is 46.0 Å². The first kappa shape index (κ1) is 9.97. The molecule has 1 aromatic heterocycles. The summed E-state index contributed by atoms with van der Waals surface area (Å²) in [6, 6.07) is 0. The Bertz CT molecular complexity index is 360. The number of rotatable bonds is 0. The molecule has 0 aliphatic carbocycles. The van der Waals surface area contributed by atoms with Crippen molar-refractivity contribution in [2.75, 3.05) is 0 Å². The second-order valence-electron chi connectivity index (χ2n) is 3.00. The van der Waals surface area contributed by atoms with Gasteiger partial charge in [0.25, 0.3) is 0 Å². The van der Waals surface area contributed by atoms with Crippen LogP contribution in [-0.4, -0.2) is 20.7 Å². The number of halogens is 1. The Kier molecular flexibility index (Phi) is 2.86.